The molecule has 3 atom stereocenters. The van der Waals surface area contributed by atoms with Gasteiger partial charge in [0.2, 0.25) is 11.8 Å². The Kier molecular flexibility index (Phi) is 12.0. The van der Waals surface area contributed by atoms with E-state index in [1.807, 2.05) is 53.8 Å². The van der Waals surface area contributed by atoms with Gasteiger partial charge >= 0.3 is 0 Å². The average Bonchev–Trinajstić information content (AvgIpc) is 3.54. The van der Waals surface area contributed by atoms with Crippen molar-refractivity contribution >= 4 is 40.7 Å². The van der Waals surface area contributed by atoms with Gasteiger partial charge in [-0.25, -0.2) is 0 Å². The van der Waals surface area contributed by atoms with Crippen LogP contribution in [0.5, 0.6) is 11.5 Å². The number of carbonyl (C=O) groups excluding carboxylic acids is 3. The first-order valence-electron chi connectivity index (χ1n) is 14.9. The monoisotopic (exact) mass is 704 g/mol. The molecular formula is C33H41IN2O7. The fourth-order valence-electron chi connectivity index (χ4n) is 5.89. The number of hydrogen-bond acceptors (Lipinski definition) is 7. The van der Waals surface area contributed by atoms with E-state index in [2.05, 4.69) is 5.32 Å². The molecular weight excluding hydrogens is 663 g/mol. The highest BCUT2D eigenvalue weighted by molar-refractivity contribution is 14.1. The Labute approximate surface area is 266 Å². The lowest BCUT2D eigenvalue weighted by molar-refractivity contribution is -0.139. The van der Waals surface area contributed by atoms with E-state index >= 15 is 0 Å². The highest BCUT2D eigenvalue weighted by atomic mass is 127. The van der Waals surface area contributed by atoms with Crippen molar-refractivity contribution in [2.75, 3.05) is 20.3 Å². The van der Waals surface area contributed by atoms with Crippen LogP contribution in [-0.4, -0.2) is 71.7 Å². The van der Waals surface area contributed by atoms with Crippen LogP contribution in [0.2, 0.25) is 0 Å². The number of aliphatic hydroxyl groups is 2. The maximum absolute atomic E-state index is 13.9. The molecule has 0 aromatic heterocycles. The fourth-order valence-corrected chi connectivity index (χ4v) is 6.64. The normalized spacial score (nSPS) is 20.3. The number of benzene rings is 2. The number of aliphatic hydroxyl groups excluding tert-OH is 2. The van der Waals surface area contributed by atoms with Crippen LogP contribution in [0.4, 0.5) is 0 Å². The van der Waals surface area contributed by atoms with Crippen LogP contribution in [-0.2, 0) is 16.1 Å². The second-order valence-electron chi connectivity index (χ2n) is 11.4. The Hall–Kier alpha value is -2.96. The molecule has 2 aromatic carbocycles. The van der Waals surface area contributed by atoms with E-state index in [4.69, 9.17) is 9.47 Å². The summed E-state index contributed by atoms with van der Waals surface area (Å²) >= 11 is 2.04. The molecule has 0 spiro atoms. The standard InChI is InChI=1S/C33H41IN2O7/c1-21-7-9-23(10-8-21)19-36(30(39)12-11-22-5-3-4-6-22)27-17-25(33(41)35-13-14-37)18-28(31(27)40)43-32-26(34)15-24(20-38)16-29(32)42-2/h7-10,15-16,18,20,22,27-28,31,37,40H,3-6,11-14,17,19H2,1-2H3,(H,35,41). The molecule has 2 aromatic rings. The van der Waals surface area contributed by atoms with Gasteiger partial charge in [-0.05, 0) is 65.6 Å². The molecule has 10 heteroatoms. The largest absolute Gasteiger partial charge is 0.493 e. The van der Waals surface area contributed by atoms with Crippen molar-refractivity contribution in [3.8, 4) is 11.5 Å². The van der Waals surface area contributed by atoms with Crippen molar-refractivity contribution in [3.63, 3.8) is 0 Å². The minimum absolute atomic E-state index is 0.0706. The summed E-state index contributed by atoms with van der Waals surface area (Å²) in [6.45, 7) is 2.13. The molecule has 0 heterocycles. The number of aryl methyl sites for hydroxylation is 1. The molecule has 0 radical (unpaired) electrons. The summed E-state index contributed by atoms with van der Waals surface area (Å²) in [5, 5.41) is 23.8. The molecule has 0 aliphatic heterocycles. The first-order chi connectivity index (χ1) is 20.7. The van der Waals surface area contributed by atoms with Gasteiger partial charge < -0.3 is 29.9 Å². The number of aldehydes is 1. The van der Waals surface area contributed by atoms with Crippen LogP contribution in [0, 0.1) is 16.4 Å². The Morgan fingerprint density at radius 3 is 2.53 bits per heavy atom. The van der Waals surface area contributed by atoms with Crippen molar-refractivity contribution < 1.29 is 34.1 Å². The summed E-state index contributed by atoms with van der Waals surface area (Å²) in [4.78, 5) is 40.2. The third kappa shape index (κ3) is 8.57. The Bertz CT molecular complexity index is 1310. The van der Waals surface area contributed by atoms with Crippen LogP contribution in [0.3, 0.4) is 0 Å². The molecule has 2 aliphatic carbocycles. The number of nitrogens with zero attached hydrogens (tertiary/aromatic N) is 1. The van der Waals surface area contributed by atoms with Crippen LogP contribution in [0.25, 0.3) is 0 Å². The maximum Gasteiger partial charge on any atom is 0.247 e. The van der Waals surface area contributed by atoms with E-state index in [0.717, 1.165) is 30.4 Å². The van der Waals surface area contributed by atoms with Crippen molar-refractivity contribution in [1.29, 1.82) is 0 Å². The van der Waals surface area contributed by atoms with Crippen molar-refractivity contribution in [2.45, 2.75) is 76.7 Å². The summed E-state index contributed by atoms with van der Waals surface area (Å²) < 4.78 is 12.4. The first-order valence-corrected chi connectivity index (χ1v) is 15.9. The van der Waals surface area contributed by atoms with Crippen molar-refractivity contribution in [3.05, 3.63) is 68.3 Å². The van der Waals surface area contributed by atoms with E-state index in [-0.39, 0.29) is 32.0 Å². The molecule has 3 N–H and O–H groups in total. The van der Waals surface area contributed by atoms with E-state index in [9.17, 15) is 24.6 Å². The number of hydrogen-bond donors (Lipinski definition) is 3. The Morgan fingerprint density at radius 1 is 1.16 bits per heavy atom. The van der Waals surface area contributed by atoms with Gasteiger partial charge in [-0.1, -0.05) is 55.5 Å². The molecule has 4 rings (SSSR count). The molecule has 2 amide bonds. The van der Waals surface area contributed by atoms with Gasteiger partial charge in [-0.3, -0.25) is 14.4 Å². The number of rotatable bonds is 13. The van der Waals surface area contributed by atoms with Crippen LogP contribution < -0.4 is 14.8 Å². The minimum Gasteiger partial charge on any atom is -0.493 e. The van der Waals surface area contributed by atoms with E-state index in [0.29, 0.717) is 44.8 Å². The summed E-state index contributed by atoms with van der Waals surface area (Å²) in [6, 6.07) is 10.4. The quantitative estimate of drug-likeness (QED) is 0.210. The van der Waals surface area contributed by atoms with Gasteiger partial charge in [-0.2, -0.15) is 0 Å². The van der Waals surface area contributed by atoms with Gasteiger partial charge in [0.25, 0.3) is 0 Å². The Morgan fingerprint density at radius 2 is 1.88 bits per heavy atom. The summed E-state index contributed by atoms with van der Waals surface area (Å²) in [5.74, 6) is 0.691. The van der Waals surface area contributed by atoms with Gasteiger partial charge in [0.1, 0.15) is 18.5 Å². The molecule has 1 saturated carbocycles. The second kappa shape index (κ2) is 15.7. The zero-order chi connectivity index (χ0) is 30.9. The van der Waals surface area contributed by atoms with Gasteiger partial charge in [-0.15, -0.1) is 0 Å². The average molecular weight is 705 g/mol. The predicted molar refractivity (Wildman–Crippen MR) is 171 cm³/mol. The number of ether oxygens (including phenoxy) is 2. The number of methoxy groups -OCH3 is 1. The number of halogens is 1. The molecule has 1 fully saturated rings. The molecule has 0 saturated heterocycles. The molecule has 232 valence electrons. The lowest BCUT2D eigenvalue weighted by atomic mass is 9.87. The number of amides is 2. The second-order valence-corrected chi connectivity index (χ2v) is 12.5. The predicted octanol–water partition coefficient (Wildman–Crippen LogP) is 4.34. The van der Waals surface area contributed by atoms with Gasteiger partial charge in [0, 0.05) is 37.1 Å². The molecule has 9 nitrogen and oxygen atoms in total. The summed E-state index contributed by atoms with van der Waals surface area (Å²) in [6.07, 6.45) is 6.06. The van der Waals surface area contributed by atoms with Crippen LogP contribution in [0.1, 0.15) is 66.4 Å². The topological polar surface area (TPSA) is 125 Å². The molecule has 43 heavy (non-hydrogen) atoms. The SMILES string of the molecule is COc1cc(C=O)cc(I)c1OC1C=C(C(=O)NCCO)CC(N(Cc2ccc(C)cc2)C(=O)CCC2CCCC2)C1O. The summed E-state index contributed by atoms with van der Waals surface area (Å²) in [5.41, 5.74) is 2.78. The minimum atomic E-state index is -1.17. The third-order valence-electron chi connectivity index (χ3n) is 8.29. The maximum atomic E-state index is 13.9. The zero-order valence-electron chi connectivity index (χ0n) is 24.8. The van der Waals surface area contributed by atoms with Crippen molar-refractivity contribution in [1.82, 2.24) is 10.2 Å². The number of nitrogens with one attached hydrogen (secondary N) is 1. The highest BCUT2D eigenvalue weighted by Gasteiger charge is 2.41. The highest BCUT2D eigenvalue weighted by Crippen LogP contribution is 2.37. The molecule has 2 aliphatic rings. The van der Waals surface area contributed by atoms with E-state index in [1.54, 1.807) is 23.1 Å². The Balaban J connectivity index is 1.69. The van der Waals surface area contributed by atoms with Gasteiger partial charge in [0.15, 0.2) is 11.5 Å². The smallest absolute Gasteiger partial charge is 0.247 e. The van der Waals surface area contributed by atoms with Crippen LogP contribution in [0.15, 0.2) is 48.0 Å². The fraction of sp³-hybridized carbons (Fsp3) is 0.485. The molecule has 0 bridgehead atoms. The van der Waals surface area contributed by atoms with E-state index < -0.39 is 24.2 Å². The molecule has 3 unspecified atom stereocenters. The van der Waals surface area contributed by atoms with Crippen molar-refractivity contribution in [2.24, 2.45) is 5.92 Å². The zero-order valence-corrected chi connectivity index (χ0v) is 26.9. The third-order valence-corrected chi connectivity index (χ3v) is 9.09. The van der Waals surface area contributed by atoms with Crippen LogP contribution >= 0.6 is 22.6 Å². The van der Waals surface area contributed by atoms with Gasteiger partial charge in [0.05, 0.1) is 23.3 Å². The lowest BCUT2D eigenvalue weighted by Crippen LogP contribution is -2.54. The van der Waals surface area contributed by atoms with E-state index in [1.165, 1.54) is 20.0 Å². The number of carbonyl (C=O) groups is 3. The first kappa shape index (κ1) is 32.9. The summed E-state index contributed by atoms with van der Waals surface area (Å²) in [7, 11) is 1.46. The lowest BCUT2D eigenvalue weighted by Gasteiger charge is -2.41.